The Kier molecular flexibility index (Phi) is 5.41. The predicted molar refractivity (Wildman–Crippen MR) is 112 cm³/mol. The third kappa shape index (κ3) is 4.25. The number of esters is 1. The summed E-state index contributed by atoms with van der Waals surface area (Å²) in [5.74, 6) is 0.542. The molecule has 156 valence electrons. The second-order valence-corrected chi connectivity index (χ2v) is 6.65. The van der Waals surface area contributed by atoms with Crippen LogP contribution < -0.4 is 19.6 Å². The number of hydrogen-bond donors (Lipinski definition) is 0. The Morgan fingerprint density at radius 2 is 1.55 bits per heavy atom. The smallest absolute Gasteiger partial charge is 0.343 e. The molecular formula is C24H17FO6. The first-order valence-electron chi connectivity index (χ1n) is 9.32. The molecule has 0 spiro atoms. The third-order valence-corrected chi connectivity index (χ3v) is 4.56. The first kappa shape index (κ1) is 20.2. The molecule has 0 bridgehead atoms. The van der Waals surface area contributed by atoms with Gasteiger partial charge in [0.15, 0.2) is 0 Å². The lowest BCUT2D eigenvalue weighted by Crippen LogP contribution is -2.10. The summed E-state index contributed by atoms with van der Waals surface area (Å²) in [7, 11) is 1.56. The van der Waals surface area contributed by atoms with Gasteiger partial charge in [-0.3, -0.25) is 4.79 Å². The lowest BCUT2D eigenvalue weighted by Gasteiger charge is -2.10. The highest BCUT2D eigenvalue weighted by atomic mass is 19.1. The van der Waals surface area contributed by atoms with Crippen molar-refractivity contribution in [1.29, 1.82) is 0 Å². The Hall–Kier alpha value is -4.13. The normalized spacial score (nSPS) is 10.7. The van der Waals surface area contributed by atoms with Crippen molar-refractivity contribution >= 4 is 16.9 Å². The van der Waals surface area contributed by atoms with Crippen molar-refractivity contribution in [1.82, 2.24) is 0 Å². The summed E-state index contributed by atoms with van der Waals surface area (Å²) in [4.78, 5) is 25.1. The summed E-state index contributed by atoms with van der Waals surface area (Å²) >= 11 is 0. The van der Waals surface area contributed by atoms with Crippen molar-refractivity contribution in [3.8, 4) is 23.0 Å². The minimum atomic E-state index is -0.655. The number of aryl methyl sites for hydroxylation is 1. The topological polar surface area (TPSA) is 75.0 Å². The van der Waals surface area contributed by atoms with Gasteiger partial charge in [-0.15, -0.1) is 0 Å². The molecule has 4 rings (SSSR count). The van der Waals surface area contributed by atoms with Crippen LogP contribution in [0.15, 0.2) is 75.9 Å². The SMILES string of the molecule is COc1ccc(Oc2c(C)oc3cc(OC(=O)c4ccc(F)cc4)ccc3c2=O)cc1. The molecule has 0 saturated carbocycles. The molecule has 4 aromatic rings. The van der Waals surface area contributed by atoms with E-state index in [9.17, 15) is 14.0 Å². The quantitative estimate of drug-likeness (QED) is 0.324. The van der Waals surface area contributed by atoms with Crippen LogP contribution in [0.25, 0.3) is 11.0 Å². The molecule has 1 heterocycles. The van der Waals surface area contributed by atoms with Gasteiger partial charge in [0.2, 0.25) is 11.2 Å². The van der Waals surface area contributed by atoms with E-state index in [2.05, 4.69) is 0 Å². The largest absolute Gasteiger partial charge is 0.497 e. The van der Waals surface area contributed by atoms with E-state index in [1.54, 1.807) is 38.3 Å². The van der Waals surface area contributed by atoms with Crippen LogP contribution in [0.2, 0.25) is 0 Å². The van der Waals surface area contributed by atoms with E-state index in [1.165, 1.54) is 42.5 Å². The van der Waals surface area contributed by atoms with E-state index in [-0.39, 0.29) is 39.2 Å². The molecule has 0 N–H and O–H groups in total. The van der Waals surface area contributed by atoms with Gasteiger partial charge in [0.05, 0.1) is 18.1 Å². The number of rotatable bonds is 5. The lowest BCUT2D eigenvalue weighted by molar-refractivity contribution is 0.0735. The van der Waals surface area contributed by atoms with Crippen LogP contribution in [-0.2, 0) is 0 Å². The number of halogens is 1. The lowest BCUT2D eigenvalue weighted by atomic mass is 10.2. The molecule has 0 aliphatic carbocycles. The summed E-state index contributed by atoms with van der Waals surface area (Å²) in [6.07, 6.45) is 0. The number of methoxy groups -OCH3 is 1. The molecule has 0 aliphatic rings. The Bertz CT molecular complexity index is 1310. The van der Waals surface area contributed by atoms with Crippen molar-refractivity contribution in [3.63, 3.8) is 0 Å². The molecule has 0 atom stereocenters. The first-order chi connectivity index (χ1) is 14.9. The predicted octanol–water partition coefficient (Wildman–Crippen LogP) is 5.26. The van der Waals surface area contributed by atoms with Crippen LogP contribution in [0, 0.1) is 12.7 Å². The van der Waals surface area contributed by atoms with E-state index < -0.39 is 11.8 Å². The third-order valence-electron chi connectivity index (χ3n) is 4.56. The second kappa shape index (κ2) is 8.31. The molecule has 1 aromatic heterocycles. The number of ether oxygens (including phenoxy) is 3. The van der Waals surface area contributed by atoms with Crippen molar-refractivity contribution in [3.05, 3.63) is 94.1 Å². The number of benzene rings is 3. The van der Waals surface area contributed by atoms with Gasteiger partial charge >= 0.3 is 5.97 Å². The Morgan fingerprint density at radius 3 is 2.23 bits per heavy atom. The molecule has 0 unspecified atom stereocenters. The summed E-state index contributed by atoms with van der Waals surface area (Å²) in [6, 6.07) is 16.2. The van der Waals surface area contributed by atoms with Gasteiger partial charge in [0.25, 0.3) is 0 Å². The van der Waals surface area contributed by atoms with E-state index in [0.29, 0.717) is 11.5 Å². The Morgan fingerprint density at radius 1 is 0.903 bits per heavy atom. The van der Waals surface area contributed by atoms with Crippen LogP contribution in [0.3, 0.4) is 0 Å². The average molecular weight is 420 g/mol. The molecule has 0 fully saturated rings. The average Bonchev–Trinajstić information content (AvgIpc) is 2.77. The number of hydrogen-bond acceptors (Lipinski definition) is 6. The van der Waals surface area contributed by atoms with E-state index in [1.807, 2.05) is 0 Å². The van der Waals surface area contributed by atoms with Crippen LogP contribution in [0.1, 0.15) is 16.1 Å². The van der Waals surface area contributed by atoms with Crippen molar-refractivity contribution in [2.24, 2.45) is 0 Å². The van der Waals surface area contributed by atoms with Crippen LogP contribution in [0.5, 0.6) is 23.0 Å². The summed E-state index contributed by atoms with van der Waals surface area (Å²) in [6.45, 7) is 1.61. The van der Waals surface area contributed by atoms with Crippen LogP contribution in [0.4, 0.5) is 4.39 Å². The molecule has 0 saturated heterocycles. The molecule has 31 heavy (non-hydrogen) atoms. The number of carbonyl (C=O) groups excluding carboxylic acids is 1. The molecule has 0 radical (unpaired) electrons. The Balaban J connectivity index is 1.62. The van der Waals surface area contributed by atoms with Gasteiger partial charge in [-0.1, -0.05) is 0 Å². The van der Waals surface area contributed by atoms with Gasteiger partial charge in [-0.2, -0.15) is 0 Å². The maximum Gasteiger partial charge on any atom is 0.343 e. The zero-order valence-electron chi connectivity index (χ0n) is 16.7. The maximum atomic E-state index is 13.0. The van der Waals surface area contributed by atoms with Gasteiger partial charge in [-0.05, 0) is 67.6 Å². The van der Waals surface area contributed by atoms with Gasteiger partial charge in [-0.25, -0.2) is 9.18 Å². The summed E-state index contributed by atoms with van der Waals surface area (Å²) < 4.78 is 34.9. The van der Waals surface area contributed by atoms with E-state index in [4.69, 9.17) is 18.6 Å². The molecule has 0 aliphatic heterocycles. The highest BCUT2D eigenvalue weighted by Gasteiger charge is 2.16. The fourth-order valence-corrected chi connectivity index (χ4v) is 2.96. The molecular weight excluding hydrogens is 403 g/mol. The van der Waals surface area contributed by atoms with Gasteiger partial charge < -0.3 is 18.6 Å². The molecule has 0 amide bonds. The molecule has 3 aromatic carbocycles. The zero-order chi connectivity index (χ0) is 22.0. The molecule has 6 nitrogen and oxygen atoms in total. The van der Waals surface area contributed by atoms with Gasteiger partial charge in [0, 0.05) is 6.07 Å². The standard InChI is InChI=1S/C24H17FO6/c1-14-23(30-18-9-7-17(28-2)8-10-18)22(26)20-12-11-19(13-21(20)29-14)31-24(27)15-3-5-16(25)6-4-15/h3-13H,1-2H3. The van der Waals surface area contributed by atoms with Gasteiger partial charge in [0.1, 0.15) is 34.4 Å². The maximum absolute atomic E-state index is 13.0. The Labute approximate surface area is 176 Å². The number of carbonyl (C=O) groups is 1. The minimum absolute atomic E-state index is 0.0636. The fourth-order valence-electron chi connectivity index (χ4n) is 2.96. The second-order valence-electron chi connectivity index (χ2n) is 6.65. The summed E-state index contributed by atoms with van der Waals surface area (Å²) in [5, 5.41) is 0.274. The monoisotopic (exact) mass is 420 g/mol. The van der Waals surface area contributed by atoms with Crippen molar-refractivity contribution in [2.75, 3.05) is 7.11 Å². The highest BCUT2D eigenvalue weighted by Crippen LogP contribution is 2.28. The van der Waals surface area contributed by atoms with E-state index >= 15 is 0 Å². The highest BCUT2D eigenvalue weighted by molar-refractivity contribution is 5.91. The van der Waals surface area contributed by atoms with Crippen molar-refractivity contribution in [2.45, 2.75) is 6.92 Å². The zero-order valence-corrected chi connectivity index (χ0v) is 16.7. The van der Waals surface area contributed by atoms with Crippen LogP contribution >= 0.6 is 0 Å². The van der Waals surface area contributed by atoms with Crippen LogP contribution in [-0.4, -0.2) is 13.1 Å². The summed E-state index contributed by atoms with van der Waals surface area (Å²) in [5.41, 5.74) is 0.0855. The van der Waals surface area contributed by atoms with E-state index in [0.717, 1.165) is 0 Å². The fraction of sp³-hybridized carbons (Fsp3) is 0.0833. The minimum Gasteiger partial charge on any atom is -0.497 e. The van der Waals surface area contributed by atoms with Crippen molar-refractivity contribution < 1.29 is 27.8 Å². The molecule has 7 heteroatoms. The first-order valence-corrected chi connectivity index (χ1v) is 9.32. The number of fused-ring (bicyclic) bond motifs is 1.